The summed E-state index contributed by atoms with van der Waals surface area (Å²) < 4.78 is 2.22. The van der Waals surface area contributed by atoms with Gasteiger partial charge in [0.05, 0.1) is 6.54 Å². The molecule has 31 heavy (non-hydrogen) atoms. The molecule has 0 saturated carbocycles. The number of carbonyl (C=O) groups is 1. The fraction of sp³-hybridized carbons (Fsp3) is 0.179. The van der Waals surface area contributed by atoms with E-state index in [1.165, 1.54) is 11.1 Å². The average molecular weight is 409 g/mol. The van der Waals surface area contributed by atoms with E-state index in [9.17, 15) is 4.79 Å². The maximum absolute atomic E-state index is 13.5. The Labute approximate surface area is 184 Å². The van der Waals surface area contributed by atoms with Gasteiger partial charge in [0.2, 0.25) is 0 Å². The average Bonchev–Trinajstić information content (AvgIpc) is 3.26. The molecule has 0 saturated heterocycles. The van der Waals surface area contributed by atoms with E-state index in [-0.39, 0.29) is 5.91 Å². The van der Waals surface area contributed by atoms with Gasteiger partial charge in [0.1, 0.15) is 0 Å². The predicted molar refractivity (Wildman–Crippen MR) is 126 cm³/mol. The molecule has 0 N–H and O–H groups in total. The molecule has 1 heterocycles. The van der Waals surface area contributed by atoms with Crippen molar-refractivity contribution in [3.8, 4) is 0 Å². The lowest BCUT2D eigenvalue weighted by atomic mass is 10.1. The molecule has 0 spiro atoms. The number of amides is 1. The van der Waals surface area contributed by atoms with Crippen LogP contribution >= 0.6 is 0 Å². The van der Waals surface area contributed by atoms with Crippen LogP contribution in [0.5, 0.6) is 0 Å². The van der Waals surface area contributed by atoms with Crippen molar-refractivity contribution in [3.05, 3.63) is 131 Å². The lowest BCUT2D eigenvalue weighted by molar-refractivity contribution is 0.0726. The Morgan fingerprint density at radius 1 is 0.710 bits per heavy atom. The number of hydrogen-bond donors (Lipinski definition) is 0. The van der Waals surface area contributed by atoms with Crippen LogP contribution in [0.2, 0.25) is 0 Å². The molecular formula is C28H28N2O. The van der Waals surface area contributed by atoms with E-state index in [1.807, 2.05) is 53.4 Å². The van der Waals surface area contributed by atoms with Gasteiger partial charge in [0.25, 0.3) is 5.91 Å². The molecule has 0 unspecified atom stereocenters. The third kappa shape index (κ3) is 5.32. The van der Waals surface area contributed by atoms with Crippen molar-refractivity contribution in [2.24, 2.45) is 0 Å². The summed E-state index contributed by atoms with van der Waals surface area (Å²) in [6.07, 6.45) is 3.05. The van der Waals surface area contributed by atoms with Crippen LogP contribution in [0.15, 0.2) is 103 Å². The number of carbonyl (C=O) groups excluding carboxylic acids is 1. The van der Waals surface area contributed by atoms with Gasteiger partial charge in [-0.1, -0.05) is 79.7 Å². The fourth-order valence-corrected chi connectivity index (χ4v) is 3.79. The van der Waals surface area contributed by atoms with Crippen LogP contribution in [0.4, 0.5) is 0 Å². The number of aromatic nitrogens is 1. The van der Waals surface area contributed by atoms with Gasteiger partial charge in [-0.05, 0) is 47.4 Å². The first-order chi connectivity index (χ1) is 15.2. The molecule has 0 atom stereocenters. The van der Waals surface area contributed by atoms with Crippen LogP contribution < -0.4 is 0 Å². The lowest BCUT2D eigenvalue weighted by Gasteiger charge is -2.24. The first-order valence-electron chi connectivity index (χ1n) is 10.8. The number of aryl methyl sites for hydroxylation is 1. The normalized spacial score (nSPS) is 10.7. The highest BCUT2D eigenvalue weighted by molar-refractivity contribution is 5.94. The van der Waals surface area contributed by atoms with Crippen LogP contribution in [-0.4, -0.2) is 15.4 Å². The Hall–Kier alpha value is -3.59. The Kier molecular flexibility index (Phi) is 6.63. The predicted octanol–water partition coefficient (Wildman–Crippen LogP) is 5.94. The Morgan fingerprint density at radius 3 is 2.00 bits per heavy atom. The van der Waals surface area contributed by atoms with E-state index in [4.69, 9.17) is 0 Å². The van der Waals surface area contributed by atoms with Gasteiger partial charge in [0, 0.05) is 30.5 Å². The maximum atomic E-state index is 13.5. The third-order valence-electron chi connectivity index (χ3n) is 5.58. The molecule has 3 heteroatoms. The Balaban J connectivity index is 1.59. The molecule has 1 amide bonds. The zero-order chi connectivity index (χ0) is 21.5. The summed E-state index contributed by atoms with van der Waals surface area (Å²) in [4.78, 5) is 15.4. The van der Waals surface area contributed by atoms with Gasteiger partial charge in [-0.15, -0.1) is 0 Å². The van der Waals surface area contributed by atoms with Gasteiger partial charge in [0.15, 0.2) is 0 Å². The molecule has 0 bridgehead atoms. The molecule has 0 aliphatic rings. The first kappa shape index (κ1) is 20.7. The van der Waals surface area contributed by atoms with Gasteiger partial charge >= 0.3 is 0 Å². The molecule has 156 valence electrons. The van der Waals surface area contributed by atoms with E-state index >= 15 is 0 Å². The SMILES string of the molecule is CCc1ccc(C(=O)N(Cc2ccccc2)Cc2cccn2Cc2ccccc2)cc1. The van der Waals surface area contributed by atoms with E-state index in [1.54, 1.807) is 0 Å². The fourth-order valence-electron chi connectivity index (χ4n) is 3.79. The second-order valence-electron chi connectivity index (χ2n) is 7.81. The smallest absolute Gasteiger partial charge is 0.254 e. The standard InChI is InChI=1S/C28H28N2O/c1-2-23-15-17-26(18-16-23)28(31)30(21-25-12-7-4-8-13-25)22-27-14-9-19-29(27)20-24-10-5-3-6-11-24/h3-19H,2,20-22H2,1H3. The van der Waals surface area contributed by atoms with Gasteiger partial charge in [-0.25, -0.2) is 0 Å². The maximum Gasteiger partial charge on any atom is 0.254 e. The van der Waals surface area contributed by atoms with Gasteiger partial charge in [-0.2, -0.15) is 0 Å². The lowest BCUT2D eigenvalue weighted by Crippen LogP contribution is -2.31. The molecule has 4 aromatic rings. The molecule has 3 aromatic carbocycles. The van der Waals surface area contributed by atoms with Crippen molar-refractivity contribution in [3.63, 3.8) is 0 Å². The van der Waals surface area contributed by atoms with Crippen molar-refractivity contribution in [2.75, 3.05) is 0 Å². The highest BCUT2D eigenvalue weighted by Crippen LogP contribution is 2.17. The monoisotopic (exact) mass is 408 g/mol. The molecule has 1 aromatic heterocycles. The van der Waals surface area contributed by atoms with Gasteiger partial charge in [-0.3, -0.25) is 4.79 Å². The minimum atomic E-state index is 0.0546. The van der Waals surface area contributed by atoms with Crippen molar-refractivity contribution in [1.82, 2.24) is 9.47 Å². The number of benzene rings is 3. The largest absolute Gasteiger partial charge is 0.345 e. The van der Waals surface area contributed by atoms with E-state index in [0.717, 1.165) is 29.8 Å². The first-order valence-corrected chi connectivity index (χ1v) is 10.8. The van der Waals surface area contributed by atoms with Crippen LogP contribution in [0.1, 0.15) is 39.7 Å². The number of nitrogens with zero attached hydrogens (tertiary/aromatic N) is 2. The van der Waals surface area contributed by atoms with Crippen LogP contribution in [0.3, 0.4) is 0 Å². The minimum Gasteiger partial charge on any atom is -0.345 e. The molecule has 0 aliphatic carbocycles. The molecule has 0 fully saturated rings. The molecule has 4 rings (SSSR count). The second kappa shape index (κ2) is 9.94. The third-order valence-corrected chi connectivity index (χ3v) is 5.58. The summed E-state index contributed by atoms with van der Waals surface area (Å²) in [7, 11) is 0. The highest BCUT2D eigenvalue weighted by atomic mass is 16.2. The summed E-state index contributed by atoms with van der Waals surface area (Å²) in [6.45, 7) is 4.05. The summed E-state index contributed by atoms with van der Waals surface area (Å²) in [5.74, 6) is 0.0546. The van der Waals surface area contributed by atoms with Crippen LogP contribution in [-0.2, 0) is 26.1 Å². The van der Waals surface area contributed by atoms with Crippen molar-refractivity contribution >= 4 is 5.91 Å². The topological polar surface area (TPSA) is 25.2 Å². The highest BCUT2D eigenvalue weighted by Gasteiger charge is 2.18. The molecule has 0 aliphatic heterocycles. The Morgan fingerprint density at radius 2 is 1.35 bits per heavy atom. The Bertz CT molecular complexity index is 1100. The molecule has 0 radical (unpaired) electrons. The zero-order valence-corrected chi connectivity index (χ0v) is 17.9. The number of hydrogen-bond acceptors (Lipinski definition) is 1. The quantitative estimate of drug-likeness (QED) is 0.354. The zero-order valence-electron chi connectivity index (χ0n) is 17.9. The van der Waals surface area contributed by atoms with E-state index in [0.29, 0.717) is 13.1 Å². The van der Waals surface area contributed by atoms with Crippen LogP contribution in [0, 0.1) is 0 Å². The van der Waals surface area contributed by atoms with E-state index < -0.39 is 0 Å². The van der Waals surface area contributed by atoms with Crippen molar-refractivity contribution in [2.45, 2.75) is 33.0 Å². The number of rotatable bonds is 8. The molecular weight excluding hydrogens is 380 g/mol. The molecule has 3 nitrogen and oxygen atoms in total. The van der Waals surface area contributed by atoms with Gasteiger partial charge < -0.3 is 9.47 Å². The summed E-state index contributed by atoms with van der Waals surface area (Å²) >= 11 is 0. The second-order valence-corrected chi connectivity index (χ2v) is 7.81. The minimum absolute atomic E-state index is 0.0546. The summed E-state index contributed by atoms with van der Waals surface area (Å²) in [5.41, 5.74) is 5.47. The summed E-state index contributed by atoms with van der Waals surface area (Å²) in [5, 5.41) is 0. The van der Waals surface area contributed by atoms with Crippen molar-refractivity contribution in [1.29, 1.82) is 0 Å². The van der Waals surface area contributed by atoms with E-state index in [2.05, 4.69) is 66.2 Å². The summed E-state index contributed by atoms with van der Waals surface area (Å²) in [6, 6.07) is 32.8. The van der Waals surface area contributed by atoms with Crippen LogP contribution in [0.25, 0.3) is 0 Å². The van der Waals surface area contributed by atoms with Crippen molar-refractivity contribution < 1.29 is 4.79 Å².